The maximum absolute atomic E-state index is 11.7. The number of hydrogen-bond acceptors (Lipinski definition) is 6. The van der Waals surface area contributed by atoms with Gasteiger partial charge in [0.25, 0.3) is 0 Å². The minimum atomic E-state index is -0.758. The summed E-state index contributed by atoms with van der Waals surface area (Å²) in [6, 6.07) is 0. The van der Waals surface area contributed by atoms with Crippen molar-refractivity contribution in [1.29, 1.82) is 0 Å². The van der Waals surface area contributed by atoms with Crippen LogP contribution in [-0.4, -0.2) is 31.1 Å². The second-order valence-electron chi connectivity index (χ2n) is 7.45. The van der Waals surface area contributed by atoms with E-state index < -0.39 is 17.7 Å². The van der Waals surface area contributed by atoms with E-state index in [2.05, 4.69) is 6.58 Å². The molecule has 0 N–H and O–H groups in total. The number of aldehydes is 1. The van der Waals surface area contributed by atoms with Gasteiger partial charge in [0.05, 0.1) is 12.2 Å². The van der Waals surface area contributed by atoms with Crippen molar-refractivity contribution in [3.63, 3.8) is 0 Å². The van der Waals surface area contributed by atoms with Crippen LogP contribution in [0.5, 0.6) is 0 Å². The summed E-state index contributed by atoms with van der Waals surface area (Å²) in [5.41, 5.74) is 1.36. The predicted molar refractivity (Wildman–Crippen MR) is 87.9 cm³/mol. The second-order valence-corrected chi connectivity index (χ2v) is 7.45. The zero-order valence-electron chi connectivity index (χ0n) is 14.8. The average molecular weight is 348 g/mol. The molecule has 0 aromatic carbocycles. The van der Waals surface area contributed by atoms with Gasteiger partial charge in [-0.2, -0.15) is 0 Å². The largest absolute Gasteiger partial charge is 0.462 e. The van der Waals surface area contributed by atoms with Crippen LogP contribution in [0.4, 0.5) is 0 Å². The van der Waals surface area contributed by atoms with Gasteiger partial charge in [0.1, 0.15) is 12.9 Å². The van der Waals surface area contributed by atoms with E-state index in [0.717, 1.165) is 30.3 Å². The Bertz CT molecular complexity index is 650. The third-order valence-corrected chi connectivity index (χ3v) is 5.92. The average Bonchev–Trinajstić information content (AvgIpc) is 3.18. The summed E-state index contributed by atoms with van der Waals surface area (Å²) >= 11 is 0. The number of carbonyl (C=O) groups is 3. The predicted octanol–water partition coefficient (Wildman–Crippen LogP) is 2.39. The Labute approximate surface area is 147 Å². The highest BCUT2D eigenvalue weighted by atomic mass is 16.7. The van der Waals surface area contributed by atoms with Crippen LogP contribution in [-0.2, 0) is 28.6 Å². The van der Waals surface area contributed by atoms with E-state index in [-0.39, 0.29) is 36.2 Å². The molecule has 2 fully saturated rings. The summed E-state index contributed by atoms with van der Waals surface area (Å²) in [6.45, 7) is 8.95. The highest BCUT2D eigenvalue weighted by molar-refractivity contribution is 5.68. The van der Waals surface area contributed by atoms with E-state index in [0.29, 0.717) is 0 Å². The van der Waals surface area contributed by atoms with Crippen LogP contribution in [0.25, 0.3) is 0 Å². The van der Waals surface area contributed by atoms with Gasteiger partial charge in [-0.3, -0.25) is 9.59 Å². The van der Waals surface area contributed by atoms with Gasteiger partial charge >= 0.3 is 11.9 Å². The minimum Gasteiger partial charge on any atom is -0.462 e. The lowest BCUT2D eigenvalue weighted by molar-refractivity contribution is -0.181. The number of rotatable bonds is 4. The molecule has 3 rings (SSSR count). The molecule has 6 nitrogen and oxygen atoms in total. The van der Waals surface area contributed by atoms with E-state index in [9.17, 15) is 14.4 Å². The molecular weight excluding hydrogens is 324 g/mol. The third-order valence-electron chi connectivity index (χ3n) is 5.92. The Kier molecular flexibility index (Phi) is 4.47. The van der Waals surface area contributed by atoms with Crippen LogP contribution in [0, 0.1) is 29.1 Å². The molecular formula is C19H24O6. The Hall–Kier alpha value is -2.11. The summed E-state index contributed by atoms with van der Waals surface area (Å²) in [6.07, 6.45) is 3.43. The SMILES string of the molecule is C=C1CC[C@H]2[C@@H]([C@H]3C(COC(C)=O)=CO[C@H](OC(C)=O)[C@@H]13)[C@]2(C)C=O. The first-order valence-corrected chi connectivity index (χ1v) is 8.58. The lowest BCUT2D eigenvalue weighted by Crippen LogP contribution is -2.40. The number of hydrogen-bond donors (Lipinski definition) is 0. The topological polar surface area (TPSA) is 78.9 Å². The molecule has 0 saturated heterocycles. The Morgan fingerprint density at radius 2 is 2.08 bits per heavy atom. The number of ether oxygens (including phenoxy) is 3. The number of esters is 2. The van der Waals surface area contributed by atoms with Crippen LogP contribution in [0.1, 0.15) is 33.6 Å². The molecule has 0 unspecified atom stereocenters. The third kappa shape index (κ3) is 2.98. The zero-order chi connectivity index (χ0) is 18.4. The van der Waals surface area contributed by atoms with Gasteiger partial charge in [-0.1, -0.05) is 19.1 Å². The lowest BCUT2D eigenvalue weighted by atomic mass is 9.75. The first kappa shape index (κ1) is 17.7. The quantitative estimate of drug-likeness (QED) is 0.441. The van der Waals surface area contributed by atoms with Crippen LogP contribution >= 0.6 is 0 Å². The van der Waals surface area contributed by atoms with Crippen molar-refractivity contribution in [3.05, 3.63) is 24.0 Å². The van der Waals surface area contributed by atoms with Gasteiger partial charge in [-0.25, -0.2) is 0 Å². The monoisotopic (exact) mass is 348 g/mol. The first-order valence-electron chi connectivity index (χ1n) is 8.58. The van der Waals surface area contributed by atoms with Crippen LogP contribution < -0.4 is 0 Å². The van der Waals surface area contributed by atoms with Crippen molar-refractivity contribution < 1.29 is 28.6 Å². The van der Waals surface area contributed by atoms with E-state index in [1.54, 1.807) is 0 Å². The highest BCUT2D eigenvalue weighted by Crippen LogP contribution is 2.68. The maximum atomic E-state index is 11.7. The fraction of sp³-hybridized carbons (Fsp3) is 0.632. The maximum Gasteiger partial charge on any atom is 0.305 e. The van der Waals surface area contributed by atoms with Crippen LogP contribution in [0.2, 0.25) is 0 Å². The molecule has 0 aromatic rings. The summed E-state index contributed by atoms with van der Waals surface area (Å²) in [5, 5.41) is 0. The van der Waals surface area contributed by atoms with Gasteiger partial charge in [0.15, 0.2) is 0 Å². The Morgan fingerprint density at radius 1 is 1.36 bits per heavy atom. The van der Waals surface area contributed by atoms with E-state index in [4.69, 9.17) is 14.2 Å². The Balaban J connectivity index is 1.97. The van der Waals surface area contributed by atoms with E-state index in [1.165, 1.54) is 20.1 Å². The number of carbonyl (C=O) groups excluding carboxylic acids is 3. The molecule has 0 amide bonds. The van der Waals surface area contributed by atoms with Gasteiger partial charge in [0.2, 0.25) is 6.29 Å². The molecule has 0 aromatic heterocycles. The van der Waals surface area contributed by atoms with Gasteiger partial charge in [-0.05, 0) is 24.7 Å². The summed E-state index contributed by atoms with van der Waals surface area (Å²) < 4.78 is 16.2. The molecule has 6 atom stereocenters. The molecule has 0 spiro atoms. The first-order chi connectivity index (χ1) is 11.8. The molecule has 1 aliphatic heterocycles. The van der Waals surface area contributed by atoms with Gasteiger partial charge in [-0.15, -0.1) is 0 Å². The van der Waals surface area contributed by atoms with Crippen molar-refractivity contribution in [3.8, 4) is 0 Å². The lowest BCUT2D eigenvalue weighted by Gasteiger charge is -2.38. The zero-order valence-corrected chi connectivity index (χ0v) is 14.8. The summed E-state index contributed by atoms with van der Waals surface area (Å²) in [5.74, 6) is -0.768. The molecule has 2 saturated carbocycles. The molecule has 0 radical (unpaired) electrons. The molecule has 25 heavy (non-hydrogen) atoms. The van der Waals surface area contributed by atoms with Crippen molar-refractivity contribution in [1.82, 2.24) is 0 Å². The fourth-order valence-corrected chi connectivity index (χ4v) is 4.66. The normalized spacial score (nSPS) is 38.9. The number of fused-ring (bicyclic) bond motifs is 3. The molecule has 2 aliphatic carbocycles. The molecule has 6 heteroatoms. The van der Waals surface area contributed by atoms with Crippen molar-refractivity contribution in [2.24, 2.45) is 29.1 Å². The van der Waals surface area contributed by atoms with Crippen molar-refractivity contribution in [2.75, 3.05) is 6.61 Å². The molecule has 1 heterocycles. The fourth-order valence-electron chi connectivity index (χ4n) is 4.66. The Morgan fingerprint density at radius 3 is 2.68 bits per heavy atom. The molecule has 136 valence electrons. The van der Waals surface area contributed by atoms with Crippen molar-refractivity contribution >= 4 is 18.2 Å². The molecule has 3 aliphatic rings. The summed E-state index contributed by atoms with van der Waals surface area (Å²) in [7, 11) is 0. The minimum absolute atomic E-state index is 0.0901. The van der Waals surface area contributed by atoms with Gasteiger partial charge in [0, 0.05) is 30.8 Å². The smallest absolute Gasteiger partial charge is 0.305 e. The van der Waals surface area contributed by atoms with E-state index in [1.807, 2.05) is 6.92 Å². The van der Waals surface area contributed by atoms with Crippen LogP contribution in [0.15, 0.2) is 24.0 Å². The molecule has 0 bridgehead atoms. The highest BCUT2D eigenvalue weighted by Gasteiger charge is 2.68. The van der Waals surface area contributed by atoms with E-state index >= 15 is 0 Å². The van der Waals surface area contributed by atoms with Crippen LogP contribution in [0.3, 0.4) is 0 Å². The standard InChI is InChI=1S/C19H24O6/c1-10-5-6-14-17(19(14,4)9-20)16-13(7-23-11(2)21)8-24-18(15(10)16)25-12(3)22/h8-9,14-18H,1,5-7H2,2-4H3/t14-,15-,16-,17-,18+,19+/m0/s1. The second kappa shape index (κ2) is 6.32. The van der Waals surface area contributed by atoms with Gasteiger partial charge < -0.3 is 19.0 Å². The van der Waals surface area contributed by atoms with Crippen molar-refractivity contribution in [2.45, 2.75) is 39.9 Å². The summed E-state index contributed by atoms with van der Waals surface area (Å²) in [4.78, 5) is 34.4.